The Bertz CT molecular complexity index is 870. The van der Waals surface area contributed by atoms with Gasteiger partial charge in [0.2, 0.25) is 0 Å². The largest absolute Gasteiger partial charge is 0.393 e. The van der Waals surface area contributed by atoms with E-state index in [1.165, 1.54) is 22.5 Å². The number of amides is 1. The summed E-state index contributed by atoms with van der Waals surface area (Å²) in [4.78, 5) is 18.3. The number of aliphatic hydroxyl groups excluding tert-OH is 1. The zero-order chi connectivity index (χ0) is 17.8. The van der Waals surface area contributed by atoms with E-state index in [1.807, 2.05) is 12.1 Å². The number of nitrogens with zero attached hydrogens (tertiary/aromatic N) is 1. The number of carbonyl (C=O) groups excluding carboxylic acids is 1. The Labute approximate surface area is 146 Å². The topological polar surface area (TPSA) is 92.0 Å². The van der Waals surface area contributed by atoms with Crippen LogP contribution < -0.4 is 5.73 Å². The maximum atomic E-state index is 11.2. The highest BCUT2D eigenvalue weighted by Gasteiger charge is 2.21. The lowest BCUT2D eigenvalue weighted by Crippen LogP contribution is -2.17. The minimum atomic E-state index is -0.552. The van der Waals surface area contributed by atoms with E-state index in [0.29, 0.717) is 5.82 Å². The molecular formula is C20H23N3O2. The van der Waals surface area contributed by atoms with Gasteiger partial charge >= 0.3 is 0 Å². The lowest BCUT2D eigenvalue weighted by molar-refractivity contribution is 0.0995. The van der Waals surface area contributed by atoms with Crippen molar-refractivity contribution in [2.75, 3.05) is 0 Å². The molecule has 5 nitrogen and oxygen atoms in total. The molecule has 0 spiro atoms. The molecule has 0 saturated carbocycles. The van der Waals surface area contributed by atoms with Crippen LogP contribution in [0.1, 0.15) is 47.6 Å². The van der Waals surface area contributed by atoms with Crippen molar-refractivity contribution >= 4 is 16.7 Å². The average Bonchev–Trinajstić information content (AvgIpc) is 3.08. The number of primary amides is 1. The van der Waals surface area contributed by atoms with Crippen molar-refractivity contribution in [1.82, 2.24) is 9.97 Å². The highest BCUT2D eigenvalue weighted by atomic mass is 16.3. The molecule has 0 aliphatic rings. The van der Waals surface area contributed by atoms with E-state index >= 15 is 0 Å². The summed E-state index contributed by atoms with van der Waals surface area (Å²) in [6.45, 7) is 1.74. The SMILES string of the molecule is C[C@H](O)[C@H](CCCc1ccc2ccccc2c1)c1ncc(C(N)=O)[nH]1. The normalized spacial score (nSPS) is 13.7. The molecule has 2 atom stereocenters. The predicted molar refractivity (Wildman–Crippen MR) is 98.4 cm³/mol. The molecule has 4 N–H and O–H groups in total. The van der Waals surface area contributed by atoms with Gasteiger partial charge in [0.1, 0.15) is 11.5 Å². The van der Waals surface area contributed by atoms with Crippen molar-refractivity contribution in [1.29, 1.82) is 0 Å². The molecule has 130 valence electrons. The number of fused-ring (bicyclic) bond motifs is 1. The van der Waals surface area contributed by atoms with Crippen LogP contribution in [0.2, 0.25) is 0 Å². The maximum Gasteiger partial charge on any atom is 0.266 e. The second-order valence-electron chi connectivity index (χ2n) is 6.47. The minimum Gasteiger partial charge on any atom is -0.393 e. The summed E-state index contributed by atoms with van der Waals surface area (Å²) in [6.07, 6.45) is 3.49. The Balaban J connectivity index is 1.65. The van der Waals surface area contributed by atoms with Gasteiger partial charge in [-0.25, -0.2) is 4.98 Å². The van der Waals surface area contributed by atoms with Gasteiger partial charge < -0.3 is 15.8 Å². The molecule has 1 aromatic heterocycles. The van der Waals surface area contributed by atoms with E-state index in [1.54, 1.807) is 6.92 Å². The van der Waals surface area contributed by atoms with E-state index in [-0.39, 0.29) is 11.6 Å². The summed E-state index contributed by atoms with van der Waals surface area (Å²) in [7, 11) is 0. The number of aromatic nitrogens is 2. The van der Waals surface area contributed by atoms with Gasteiger partial charge in [-0.2, -0.15) is 0 Å². The number of aliphatic hydroxyl groups is 1. The smallest absolute Gasteiger partial charge is 0.266 e. The van der Waals surface area contributed by atoms with Crippen molar-refractivity contribution in [3.63, 3.8) is 0 Å². The minimum absolute atomic E-state index is 0.145. The van der Waals surface area contributed by atoms with E-state index in [4.69, 9.17) is 5.73 Å². The molecule has 0 unspecified atom stereocenters. The fraction of sp³-hybridized carbons (Fsp3) is 0.300. The number of hydrogen-bond donors (Lipinski definition) is 3. The zero-order valence-electron chi connectivity index (χ0n) is 14.3. The van der Waals surface area contributed by atoms with Crippen molar-refractivity contribution in [2.45, 2.75) is 38.2 Å². The van der Waals surface area contributed by atoms with Crippen LogP contribution in [-0.4, -0.2) is 27.1 Å². The van der Waals surface area contributed by atoms with Gasteiger partial charge in [-0.1, -0.05) is 42.5 Å². The molecule has 3 aromatic rings. The number of H-pyrrole nitrogens is 1. The van der Waals surface area contributed by atoms with Crippen molar-refractivity contribution in [3.05, 3.63) is 65.7 Å². The Morgan fingerprint density at radius 1 is 1.24 bits per heavy atom. The van der Waals surface area contributed by atoms with E-state index in [2.05, 4.69) is 40.3 Å². The fourth-order valence-electron chi connectivity index (χ4n) is 3.18. The Morgan fingerprint density at radius 3 is 2.68 bits per heavy atom. The van der Waals surface area contributed by atoms with Gasteiger partial charge in [0.15, 0.2) is 0 Å². The predicted octanol–water partition coefficient (Wildman–Crippen LogP) is 3.15. The van der Waals surface area contributed by atoms with Crippen LogP contribution >= 0.6 is 0 Å². The van der Waals surface area contributed by atoms with Gasteiger partial charge in [0, 0.05) is 5.92 Å². The number of rotatable bonds is 7. The maximum absolute atomic E-state index is 11.2. The first kappa shape index (κ1) is 17.2. The first-order chi connectivity index (χ1) is 12.0. The van der Waals surface area contributed by atoms with Crippen LogP contribution in [-0.2, 0) is 6.42 Å². The molecule has 0 radical (unpaired) electrons. The Kier molecular flexibility index (Phi) is 5.14. The molecule has 0 aliphatic carbocycles. The van der Waals surface area contributed by atoms with Crippen LogP contribution in [0.15, 0.2) is 48.7 Å². The molecule has 1 amide bonds. The van der Waals surface area contributed by atoms with E-state index in [9.17, 15) is 9.90 Å². The number of carbonyl (C=O) groups is 1. The molecular weight excluding hydrogens is 314 g/mol. The fourth-order valence-corrected chi connectivity index (χ4v) is 3.18. The van der Waals surface area contributed by atoms with Crippen LogP contribution in [0.4, 0.5) is 0 Å². The second kappa shape index (κ2) is 7.49. The highest BCUT2D eigenvalue weighted by molar-refractivity contribution is 5.90. The summed E-state index contributed by atoms with van der Waals surface area (Å²) in [5, 5.41) is 12.6. The molecule has 5 heteroatoms. The number of benzene rings is 2. The van der Waals surface area contributed by atoms with Gasteiger partial charge in [-0.15, -0.1) is 0 Å². The first-order valence-electron chi connectivity index (χ1n) is 8.55. The molecule has 1 heterocycles. The third-order valence-corrected chi connectivity index (χ3v) is 4.59. The van der Waals surface area contributed by atoms with Crippen LogP contribution in [0, 0.1) is 0 Å². The number of nitrogens with one attached hydrogen (secondary N) is 1. The molecule has 0 saturated heterocycles. The van der Waals surface area contributed by atoms with Crippen molar-refractivity contribution in [2.24, 2.45) is 5.73 Å². The quantitative estimate of drug-likeness (QED) is 0.618. The molecule has 25 heavy (non-hydrogen) atoms. The third kappa shape index (κ3) is 4.06. The second-order valence-corrected chi connectivity index (χ2v) is 6.47. The molecule has 3 rings (SSSR count). The summed E-state index contributed by atoms with van der Waals surface area (Å²) in [5.41, 5.74) is 6.80. The van der Waals surface area contributed by atoms with Crippen molar-refractivity contribution < 1.29 is 9.90 Å². The Hall–Kier alpha value is -2.66. The van der Waals surface area contributed by atoms with Gasteiger partial charge in [-0.3, -0.25) is 4.79 Å². The van der Waals surface area contributed by atoms with Gasteiger partial charge in [0.25, 0.3) is 5.91 Å². The summed E-state index contributed by atoms with van der Waals surface area (Å²) >= 11 is 0. The van der Waals surface area contributed by atoms with Gasteiger partial charge in [-0.05, 0) is 42.5 Å². The van der Waals surface area contributed by atoms with Crippen LogP contribution in [0.25, 0.3) is 10.8 Å². The van der Waals surface area contributed by atoms with Crippen molar-refractivity contribution in [3.8, 4) is 0 Å². The standard InChI is InChI=1S/C20H23N3O2/c1-13(24)17(20-22-12-18(23-20)19(21)25)8-4-5-14-9-10-15-6-2-3-7-16(15)11-14/h2-3,6-7,9-13,17,24H,4-5,8H2,1H3,(H2,21,25)(H,22,23)/t13-,17-/m0/s1. The van der Waals surface area contributed by atoms with E-state index < -0.39 is 12.0 Å². The molecule has 2 aromatic carbocycles. The first-order valence-corrected chi connectivity index (χ1v) is 8.55. The molecule has 0 aliphatic heterocycles. The number of aromatic amines is 1. The monoisotopic (exact) mass is 337 g/mol. The number of aryl methyl sites for hydroxylation is 1. The zero-order valence-corrected chi connectivity index (χ0v) is 14.3. The Morgan fingerprint density at radius 2 is 2.00 bits per heavy atom. The number of imidazole rings is 1. The van der Waals surface area contributed by atoms with Crippen LogP contribution in [0.5, 0.6) is 0 Å². The van der Waals surface area contributed by atoms with E-state index in [0.717, 1.165) is 19.3 Å². The average molecular weight is 337 g/mol. The number of nitrogens with two attached hydrogens (primary N) is 1. The molecule has 0 bridgehead atoms. The van der Waals surface area contributed by atoms with Gasteiger partial charge in [0.05, 0.1) is 12.3 Å². The summed E-state index contributed by atoms with van der Waals surface area (Å²) in [6, 6.07) is 14.8. The highest BCUT2D eigenvalue weighted by Crippen LogP contribution is 2.24. The summed E-state index contributed by atoms with van der Waals surface area (Å²) < 4.78 is 0. The third-order valence-electron chi connectivity index (χ3n) is 4.59. The molecule has 0 fully saturated rings. The number of hydrogen-bond acceptors (Lipinski definition) is 3. The summed E-state index contributed by atoms with van der Waals surface area (Å²) in [5.74, 6) is -0.0740. The lowest BCUT2D eigenvalue weighted by atomic mass is 9.94. The van der Waals surface area contributed by atoms with Crippen LogP contribution in [0.3, 0.4) is 0 Å². The lowest BCUT2D eigenvalue weighted by Gasteiger charge is -2.17.